The van der Waals surface area contributed by atoms with Crippen molar-refractivity contribution in [2.24, 2.45) is 0 Å². The molecule has 1 N–H and O–H groups in total. The molecule has 0 radical (unpaired) electrons. The van der Waals surface area contributed by atoms with Gasteiger partial charge < -0.3 is 5.32 Å². The van der Waals surface area contributed by atoms with Gasteiger partial charge in [-0.05, 0) is 42.3 Å². The van der Waals surface area contributed by atoms with Gasteiger partial charge in [0.15, 0.2) is 0 Å². The number of nitrogens with one attached hydrogen (secondary N) is 1. The SMILES string of the molecule is Cc1ccc(F)c(CNC(C)c2ccsc2)c1. The lowest BCUT2D eigenvalue weighted by atomic mass is 10.1. The zero-order valence-electron chi connectivity index (χ0n) is 10.0. The van der Waals surface area contributed by atoms with Crippen LogP contribution >= 0.6 is 11.3 Å². The fourth-order valence-electron chi connectivity index (χ4n) is 1.74. The molecule has 0 saturated carbocycles. The highest BCUT2D eigenvalue weighted by atomic mass is 32.1. The van der Waals surface area contributed by atoms with Crippen molar-refractivity contribution in [3.63, 3.8) is 0 Å². The summed E-state index contributed by atoms with van der Waals surface area (Å²) in [6.07, 6.45) is 0. The van der Waals surface area contributed by atoms with Gasteiger partial charge in [0.05, 0.1) is 0 Å². The summed E-state index contributed by atoms with van der Waals surface area (Å²) in [5.41, 5.74) is 3.07. The van der Waals surface area contributed by atoms with Crippen molar-refractivity contribution in [3.8, 4) is 0 Å². The van der Waals surface area contributed by atoms with Gasteiger partial charge in [0, 0.05) is 18.2 Å². The highest BCUT2D eigenvalue weighted by Crippen LogP contribution is 2.17. The molecule has 1 heterocycles. The molecule has 0 aliphatic rings. The minimum absolute atomic E-state index is 0.138. The van der Waals surface area contributed by atoms with Crippen molar-refractivity contribution in [2.75, 3.05) is 0 Å². The zero-order valence-corrected chi connectivity index (χ0v) is 10.9. The number of thiophene rings is 1. The smallest absolute Gasteiger partial charge is 0.127 e. The Labute approximate surface area is 105 Å². The van der Waals surface area contributed by atoms with Gasteiger partial charge in [0.1, 0.15) is 5.82 Å². The van der Waals surface area contributed by atoms with Crippen LogP contribution in [0, 0.1) is 12.7 Å². The number of benzene rings is 1. The number of hydrogen-bond acceptors (Lipinski definition) is 2. The lowest BCUT2D eigenvalue weighted by molar-refractivity contribution is 0.545. The molecule has 3 heteroatoms. The Kier molecular flexibility index (Phi) is 3.92. The lowest BCUT2D eigenvalue weighted by Gasteiger charge is -2.13. The Bertz CT molecular complexity index is 479. The molecule has 2 rings (SSSR count). The van der Waals surface area contributed by atoms with E-state index < -0.39 is 0 Å². The Balaban J connectivity index is 2.00. The van der Waals surface area contributed by atoms with Crippen LogP contribution in [0.2, 0.25) is 0 Å². The molecule has 2 aromatic rings. The van der Waals surface area contributed by atoms with E-state index in [1.165, 1.54) is 11.6 Å². The Morgan fingerprint density at radius 3 is 2.88 bits per heavy atom. The summed E-state index contributed by atoms with van der Waals surface area (Å²) in [5, 5.41) is 7.51. The third-order valence-corrected chi connectivity index (χ3v) is 3.54. The van der Waals surface area contributed by atoms with E-state index in [1.807, 2.05) is 13.0 Å². The van der Waals surface area contributed by atoms with Crippen LogP contribution < -0.4 is 5.32 Å². The van der Waals surface area contributed by atoms with Crippen LogP contribution in [0.4, 0.5) is 4.39 Å². The number of halogens is 1. The predicted octanol–water partition coefficient (Wildman–Crippen LogP) is 4.05. The van der Waals surface area contributed by atoms with Crippen LogP contribution in [0.1, 0.15) is 29.7 Å². The molecule has 0 aliphatic heterocycles. The minimum Gasteiger partial charge on any atom is -0.306 e. The first-order valence-corrected chi connectivity index (χ1v) is 6.61. The van der Waals surface area contributed by atoms with E-state index in [9.17, 15) is 4.39 Å². The fraction of sp³-hybridized carbons (Fsp3) is 0.286. The number of rotatable bonds is 4. The van der Waals surface area contributed by atoms with Crippen molar-refractivity contribution in [2.45, 2.75) is 26.4 Å². The third-order valence-electron chi connectivity index (χ3n) is 2.84. The first kappa shape index (κ1) is 12.3. The van der Waals surface area contributed by atoms with Crippen molar-refractivity contribution in [1.29, 1.82) is 0 Å². The number of aryl methyl sites for hydroxylation is 1. The molecule has 0 fully saturated rings. The van der Waals surface area contributed by atoms with Crippen LogP contribution in [0.3, 0.4) is 0 Å². The average molecular weight is 249 g/mol. The summed E-state index contributed by atoms with van der Waals surface area (Å²) in [4.78, 5) is 0. The normalized spacial score (nSPS) is 12.6. The van der Waals surface area contributed by atoms with Crippen molar-refractivity contribution in [3.05, 3.63) is 57.5 Å². The van der Waals surface area contributed by atoms with Crippen LogP contribution in [0.5, 0.6) is 0 Å². The maximum Gasteiger partial charge on any atom is 0.127 e. The van der Waals surface area contributed by atoms with Crippen molar-refractivity contribution >= 4 is 11.3 Å². The molecular formula is C14H16FNS. The van der Waals surface area contributed by atoms with E-state index in [1.54, 1.807) is 17.4 Å². The van der Waals surface area contributed by atoms with E-state index in [2.05, 4.69) is 29.1 Å². The molecule has 0 spiro atoms. The molecule has 1 aromatic carbocycles. The molecule has 0 bridgehead atoms. The average Bonchev–Trinajstić information content (AvgIpc) is 2.83. The van der Waals surface area contributed by atoms with Crippen LogP contribution in [-0.2, 0) is 6.54 Å². The molecule has 1 nitrogen and oxygen atoms in total. The lowest BCUT2D eigenvalue weighted by Crippen LogP contribution is -2.18. The van der Waals surface area contributed by atoms with Crippen molar-refractivity contribution in [1.82, 2.24) is 5.32 Å². The molecule has 1 aromatic heterocycles. The van der Waals surface area contributed by atoms with Crippen LogP contribution in [0.25, 0.3) is 0 Å². The monoisotopic (exact) mass is 249 g/mol. The van der Waals surface area contributed by atoms with Crippen molar-refractivity contribution < 1.29 is 4.39 Å². The largest absolute Gasteiger partial charge is 0.306 e. The van der Waals surface area contributed by atoms with E-state index in [4.69, 9.17) is 0 Å². The fourth-order valence-corrected chi connectivity index (χ4v) is 2.50. The second-order valence-electron chi connectivity index (χ2n) is 4.25. The van der Waals surface area contributed by atoms with Gasteiger partial charge in [-0.15, -0.1) is 0 Å². The quantitative estimate of drug-likeness (QED) is 0.862. The highest BCUT2D eigenvalue weighted by Gasteiger charge is 2.07. The van der Waals surface area contributed by atoms with Gasteiger partial charge >= 0.3 is 0 Å². The Hall–Kier alpha value is -1.19. The topological polar surface area (TPSA) is 12.0 Å². The van der Waals surface area contributed by atoms with Gasteiger partial charge in [-0.3, -0.25) is 0 Å². The van der Waals surface area contributed by atoms with Crippen LogP contribution in [0.15, 0.2) is 35.0 Å². The van der Waals surface area contributed by atoms with E-state index >= 15 is 0 Å². The molecule has 0 aliphatic carbocycles. The maximum atomic E-state index is 13.5. The minimum atomic E-state index is -0.138. The third kappa shape index (κ3) is 3.14. The molecule has 1 atom stereocenters. The Morgan fingerprint density at radius 1 is 1.35 bits per heavy atom. The standard InChI is InChI=1S/C14H16FNS/c1-10-3-4-14(15)13(7-10)8-16-11(2)12-5-6-17-9-12/h3-7,9,11,16H,8H2,1-2H3. The molecular weight excluding hydrogens is 233 g/mol. The van der Waals surface area contributed by atoms with Gasteiger partial charge in [0.2, 0.25) is 0 Å². The van der Waals surface area contributed by atoms with Gasteiger partial charge in [0.25, 0.3) is 0 Å². The first-order chi connectivity index (χ1) is 8.16. The molecule has 0 saturated heterocycles. The first-order valence-electron chi connectivity index (χ1n) is 5.67. The summed E-state index contributed by atoms with van der Waals surface area (Å²) >= 11 is 1.68. The van der Waals surface area contributed by atoms with E-state index in [0.29, 0.717) is 6.54 Å². The van der Waals surface area contributed by atoms with E-state index in [-0.39, 0.29) is 11.9 Å². The van der Waals surface area contributed by atoms with Gasteiger partial charge in [-0.2, -0.15) is 11.3 Å². The van der Waals surface area contributed by atoms with E-state index in [0.717, 1.165) is 11.1 Å². The Morgan fingerprint density at radius 2 is 2.18 bits per heavy atom. The number of hydrogen-bond donors (Lipinski definition) is 1. The zero-order chi connectivity index (χ0) is 12.3. The summed E-state index contributed by atoms with van der Waals surface area (Å²) in [6.45, 7) is 4.63. The second-order valence-corrected chi connectivity index (χ2v) is 5.03. The molecule has 17 heavy (non-hydrogen) atoms. The van der Waals surface area contributed by atoms with Gasteiger partial charge in [-0.25, -0.2) is 4.39 Å². The summed E-state index contributed by atoms with van der Waals surface area (Å²) < 4.78 is 13.5. The second kappa shape index (κ2) is 5.43. The molecule has 90 valence electrons. The maximum absolute atomic E-state index is 13.5. The molecule has 0 amide bonds. The summed E-state index contributed by atoms with van der Waals surface area (Å²) in [6, 6.07) is 7.56. The van der Waals surface area contributed by atoms with Crippen LogP contribution in [-0.4, -0.2) is 0 Å². The highest BCUT2D eigenvalue weighted by molar-refractivity contribution is 7.07. The summed E-state index contributed by atoms with van der Waals surface area (Å²) in [5.74, 6) is -0.138. The summed E-state index contributed by atoms with van der Waals surface area (Å²) in [7, 11) is 0. The van der Waals surface area contributed by atoms with Gasteiger partial charge in [-0.1, -0.05) is 17.7 Å². The molecule has 1 unspecified atom stereocenters. The predicted molar refractivity (Wildman–Crippen MR) is 70.7 cm³/mol.